The summed E-state index contributed by atoms with van der Waals surface area (Å²) in [6, 6.07) is 10.8. The zero-order valence-electron chi connectivity index (χ0n) is 12.1. The summed E-state index contributed by atoms with van der Waals surface area (Å²) in [6.45, 7) is 0.482. The Hall–Kier alpha value is -1.35. The molecule has 1 saturated heterocycles. The minimum Gasteiger partial charge on any atom is -0.319 e. The van der Waals surface area contributed by atoms with Crippen molar-refractivity contribution < 1.29 is 4.79 Å². The van der Waals surface area contributed by atoms with Gasteiger partial charge < -0.3 is 4.90 Å². The highest BCUT2D eigenvalue weighted by molar-refractivity contribution is 5.81. The van der Waals surface area contributed by atoms with Gasteiger partial charge in [0.15, 0.2) is 0 Å². The summed E-state index contributed by atoms with van der Waals surface area (Å²) in [5.74, 6) is 0.268. The van der Waals surface area contributed by atoms with E-state index < -0.39 is 0 Å². The normalized spacial score (nSPS) is 25.5. The monoisotopic (exact) mass is 272 g/mol. The molecular weight excluding hydrogens is 248 g/mol. The molecule has 3 nitrogen and oxygen atoms in total. The zero-order valence-corrected chi connectivity index (χ0v) is 12.1. The van der Waals surface area contributed by atoms with Gasteiger partial charge in [0.25, 0.3) is 0 Å². The molecule has 0 radical (unpaired) electrons. The Morgan fingerprint density at radius 2 is 1.60 bits per heavy atom. The number of amides is 1. The molecule has 1 heterocycles. The third kappa shape index (κ3) is 2.88. The molecule has 1 aromatic carbocycles. The molecule has 0 spiro atoms. The Kier molecular flexibility index (Phi) is 4.36. The fourth-order valence-electron chi connectivity index (χ4n) is 3.56. The van der Waals surface area contributed by atoms with Gasteiger partial charge in [-0.15, -0.1) is 0 Å². The van der Waals surface area contributed by atoms with Crippen LogP contribution in [0.15, 0.2) is 30.3 Å². The molecular formula is C17H24N2O. The van der Waals surface area contributed by atoms with Gasteiger partial charge >= 0.3 is 0 Å². The van der Waals surface area contributed by atoms with E-state index in [4.69, 9.17) is 0 Å². The van der Waals surface area contributed by atoms with E-state index in [2.05, 4.69) is 34.5 Å². The second-order valence-electron chi connectivity index (χ2n) is 5.99. The first kappa shape index (κ1) is 13.6. The topological polar surface area (TPSA) is 32.3 Å². The van der Waals surface area contributed by atoms with Crippen LogP contribution >= 0.6 is 0 Å². The van der Waals surface area contributed by atoms with Crippen molar-refractivity contribution in [2.45, 2.75) is 57.2 Å². The summed E-state index contributed by atoms with van der Waals surface area (Å²) in [7, 11) is 0. The van der Waals surface area contributed by atoms with Gasteiger partial charge in [0.1, 0.15) is 6.17 Å². The highest BCUT2D eigenvalue weighted by atomic mass is 16.2. The van der Waals surface area contributed by atoms with E-state index in [0.29, 0.717) is 12.6 Å². The van der Waals surface area contributed by atoms with E-state index in [-0.39, 0.29) is 12.1 Å². The van der Waals surface area contributed by atoms with Gasteiger partial charge in [-0.1, -0.05) is 62.4 Å². The number of nitrogens with one attached hydrogen (secondary N) is 1. The number of carbonyl (C=O) groups is 1. The molecule has 1 saturated carbocycles. The van der Waals surface area contributed by atoms with E-state index in [9.17, 15) is 4.79 Å². The van der Waals surface area contributed by atoms with Crippen LogP contribution in [0.2, 0.25) is 0 Å². The summed E-state index contributed by atoms with van der Waals surface area (Å²) >= 11 is 0. The average molecular weight is 272 g/mol. The molecule has 1 amide bonds. The molecule has 0 bridgehead atoms. The lowest BCUT2D eigenvalue weighted by Gasteiger charge is -2.34. The molecule has 0 aromatic heterocycles. The second-order valence-corrected chi connectivity index (χ2v) is 5.99. The Morgan fingerprint density at radius 3 is 2.30 bits per heavy atom. The molecule has 20 heavy (non-hydrogen) atoms. The van der Waals surface area contributed by atoms with Crippen molar-refractivity contribution in [1.82, 2.24) is 10.2 Å². The summed E-state index contributed by atoms with van der Waals surface area (Å²) < 4.78 is 0. The highest BCUT2D eigenvalue weighted by Gasteiger charge is 2.36. The number of rotatable bonds is 2. The molecule has 3 rings (SSSR count). The van der Waals surface area contributed by atoms with Crippen LogP contribution in [0.3, 0.4) is 0 Å². The van der Waals surface area contributed by atoms with Crippen molar-refractivity contribution in [3.05, 3.63) is 35.9 Å². The standard InChI is InChI=1S/C17H24N2O/c20-16-13-18-17(14-9-5-4-6-10-14)19(16)15-11-7-2-1-3-8-12-15/h4-6,9-10,15,17-18H,1-3,7-8,11-13H2. The second kappa shape index (κ2) is 6.40. The van der Waals surface area contributed by atoms with Crippen LogP contribution in [0, 0.1) is 0 Å². The first-order valence-electron chi connectivity index (χ1n) is 7.96. The molecule has 2 aliphatic rings. The highest BCUT2D eigenvalue weighted by Crippen LogP contribution is 2.30. The number of hydrogen-bond donors (Lipinski definition) is 1. The molecule has 1 aromatic rings. The van der Waals surface area contributed by atoms with Crippen LogP contribution in [-0.4, -0.2) is 23.4 Å². The molecule has 1 aliphatic heterocycles. The van der Waals surface area contributed by atoms with E-state index in [1.54, 1.807) is 0 Å². The van der Waals surface area contributed by atoms with Crippen LogP contribution in [0.25, 0.3) is 0 Å². The van der Waals surface area contributed by atoms with Gasteiger partial charge in [0.05, 0.1) is 6.54 Å². The largest absolute Gasteiger partial charge is 0.319 e. The summed E-state index contributed by atoms with van der Waals surface area (Å²) in [5, 5.41) is 3.38. The van der Waals surface area contributed by atoms with Gasteiger partial charge in [0.2, 0.25) is 5.91 Å². The van der Waals surface area contributed by atoms with Crippen molar-refractivity contribution >= 4 is 5.91 Å². The van der Waals surface area contributed by atoms with Gasteiger partial charge in [-0.25, -0.2) is 0 Å². The third-order valence-electron chi connectivity index (χ3n) is 4.60. The zero-order chi connectivity index (χ0) is 13.8. The SMILES string of the molecule is O=C1CNC(c2ccccc2)N1C1CCCCCCC1. The van der Waals surface area contributed by atoms with Crippen molar-refractivity contribution in [1.29, 1.82) is 0 Å². The van der Waals surface area contributed by atoms with Crippen molar-refractivity contribution in [2.75, 3.05) is 6.54 Å². The van der Waals surface area contributed by atoms with Gasteiger partial charge in [-0.05, 0) is 18.4 Å². The van der Waals surface area contributed by atoms with Crippen molar-refractivity contribution in [3.8, 4) is 0 Å². The first-order valence-corrected chi connectivity index (χ1v) is 7.96. The molecule has 1 unspecified atom stereocenters. The van der Waals surface area contributed by atoms with Crippen LogP contribution in [0.1, 0.15) is 56.7 Å². The fourth-order valence-corrected chi connectivity index (χ4v) is 3.56. The molecule has 1 atom stereocenters. The number of nitrogens with zero attached hydrogens (tertiary/aromatic N) is 1. The van der Waals surface area contributed by atoms with Gasteiger partial charge in [-0.3, -0.25) is 10.1 Å². The van der Waals surface area contributed by atoms with E-state index >= 15 is 0 Å². The van der Waals surface area contributed by atoms with E-state index in [1.807, 2.05) is 6.07 Å². The predicted molar refractivity (Wildman–Crippen MR) is 80.1 cm³/mol. The lowest BCUT2D eigenvalue weighted by Crippen LogP contribution is -2.40. The lowest BCUT2D eigenvalue weighted by atomic mass is 9.95. The summed E-state index contributed by atoms with van der Waals surface area (Å²) in [5.41, 5.74) is 1.21. The maximum atomic E-state index is 12.3. The van der Waals surface area contributed by atoms with Crippen LogP contribution < -0.4 is 5.32 Å². The minimum absolute atomic E-state index is 0.0770. The molecule has 2 fully saturated rings. The molecule has 1 aliphatic carbocycles. The number of carbonyl (C=O) groups excluding carboxylic acids is 1. The fraction of sp³-hybridized carbons (Fsp3) is 0.588. The Balaban J connectivity index is 1.78. The van der Waals surface area contributed by atoms with E-state index in [1.165, 1.54) is 37.7 Å². The van der Waals surface area contributed by atoms with Crippen molar-refractivity contribution in [3.63, 3.8) is 0 Å². The van der Waals surface area contributed by atoms with Crippen LogP contribution in [0.4, 0.5) is 0 Å². The Labute approximate surface area is 121 Å². The van der Waals surface area contributed by atoms with E-state index in [0.717, 1.165) is 12.8 Å². The lowest BCUT2D eigenvalue weighted by molar-refractivity contribution is -0.130. The Bertz CT molecular complexity index is 438. The Morgan fingerprint density at radius 1 is 0.950 bits per heavy atom. The smallest absolute Gasteiger partial charge is 0.238 e. The maximum Gasteiger partial charge on any atom is 0.238 e. The summed E-state index contributed by atoms with van der Waals surface area (Å²) in [4.78, 5) is 14.4. The van der Waals surface area contributed by atoms with Crippen molar-refractivity contribution in [2.24, 2.45) is 0 Å². The van der Waals surface area contributed by atoms with Gasteiger partial charge in [-0.2, -0.15) is 0 Å². The van der Waals surface area contributed by atoms with Crippen LogP contribution in [-0.2, 0) is 4.79 Å². The first-order chi connectivity index (χ1) is 9.86. The minimum atomic E-state index is 0.0770. The number of benzene rings is 1. The predicted octanol–water partition coefficient (Wildman–Crippen LogP) is 3.23. The molecule has 1 N–H and O–H groups in total. The molecule has 3 heteroatoms. The maximum absolute atomic E-state index is 12.3. The van der Waals surface area contributed by atoms with Gasteiger partial charge in [0, 0.05) is 6.04 Å². The average Bonchev–Trinajstić information content (AvgIpc) is 2.82. The van der Waals surface area contributed by atoms with Crippen LogP contribution in [0.5, 0.6) is 0 Å². The third-order valence-corrected chi connectivity index (χ3v) is 4.60. The quantitative estimate of drug-likeness (QED) is 0.896. The molecule has 108 valence electrons. The summed E-state index contributed by atoms with van der Waals surface area (Å²) in [6.07, 6.45) is 8.93. The number of hydrogen-bond acceptors (Lipinski definition) is 2.